The number of fused-ring (bicyclic) bond motifs is 6. The number of carbonyl (C=O) groups excluding carboxylic acids is 3. The topological polar surface area (TPSA) is 169 Å². The number of hydrogen-bond acceptors (Lipinski definition) is 17. The lowest BCUT2D eigenvalue weighted by Gasteiger charge is -2.41. The number of nitrogens with zero attached hydrogens (tertiary/aromatic N) is 7. The monoisotopic (exact) mass is 1220 g/mol. The molecule has 4 aromatic carbocycles. The van der Waals surface area contributed by atoms with Gasteiger partial charge in [0, 0.05) is 97.4 Å². The van der Waals surface area contributed by atoms with Crippen molar-refractivity contribution in [3.8, 4) is 22.5 Å². The van der Waals surface area contributed by atoms with Crippen molar-refractivity contribution in [3.05, 3.63) is 126 Å². The summed E-state index contributed by atoms with van der Waals surface area (Å²) < 4.78 is 51.1. The SMILES string of the molecule is COC(=O)c1cc(F)c2nc(N3C4CCC3CN(CCc3c(-c5c(Cl)cccc5Cl)noc3C3CC3)C4)sc2c1.COC(=O)c1cc(F)c2nc(N3C4CCC3CNC4)sc2c1.O=CCc1c(-c2c(Cl)cccc2Cl)noc1C1CC1. The molecule has 4 aliphatic heterocycles. The number of halogens is 6. The lowest BCUT2D eigenvalue weighted by atomic mass is 10.0. The fraction of sp³-hybridized carbons (Fsp3) is 0.397. The second-order valence-electron chi connectivity index (χ2n) is 21.2. The zero-order chi connectivity index (χ0) is 56.2. The summed E-state index contributed by atoms with van der Waals surface area (Å²) in [5.41, 5.74) is 5.71. The zero-order valence-corrected chi connectivity index (χ0v) is 48.7. The van der Waals surface area contributed by atoms with Gasteiger partial charge in [0.05, 0.1) is 54.8 Å². The normalized spacial score (nSPS) is 20.3. The lowest BCUT2D eigenvalue weighted by molar-refractivity contribution is -0.107. The van der Waals surface area contributed by atoms with Gasteiger partial charge in [0.25, 0.3) is 0 Å². The maximum atomic E-state index is 14.8. The van der Waals surface area contributed by atoms with Gasteiger partial charge in [-0.2, -0.15) is 0 Å². The first-order valence-electron chi connectivity index (χ1n) is 27.0. The van der Waals surface area contributed by atoms with Crippen LogP contribution in [0.5, 0.6) is 0 Å². The lowest BCUT2D eigenvalue weighted by Crippen LogP contribution is -2.54. The van der Waals surface area contributed by atoms with Gasteiger partial charge in [-0.25, -0.2) is 28.3 Å². The number of rotatable bonds is 13. The van der Waals surface area contributed by atoms with Crippen molar-refractivity contribution in [3.63, 3.8) is 0 Å². The zero-order valence-electron chi connectivity index (χ0n) is 44.0. The molecule has 0 radical (unpaired) electrons. The number of hydrogen-bond donors (Lipinski definition) is 1. The third kappa shape index (κ3) is 11.2. The number of esters is 2. The minimum atomic E-state index is -0.554. The molecule has 81 heavy (non-hydrogen) atoms. The van der Waals surface area contributed by atoms with E-state index in [1.165, 1.54) is 49.0 Å². The Morgan fingerprint density at radius 1 is 0.654 bits per heavy atom. The Bertz CT molecular complexity index is 3650. The Kier molecular flexibility index (Phi) is 16.2. The van der Waals surface area contributed by atoms with Crippen molar-refractivity contribution in [1.82, 2.24) is 30.5 Å². The summed E-state index contributed by atoms with van der Waals surface area (Å²) in [5, 5.41) is 15.8. The summed E-state index contributed by atoms with van der Waals surface area (Å²) in [6.45, 7) is 4.56. The number of carbonyl (C=O) groups is 3. The molecule has 4 aromatic heterocycles. The minimum Gasteiger partial charge on any atom is -0.465 e. The molecule has 0 amide bonds. The van der Waals surface area contributed by atoms with E-state index in [-0.39, 0.29) is 17.5 Å². The summed E-state index contributed by atoms with van der Waals surface area (Å²) in [5.74, 6) is 0.527. The molecule has 4 bridgehead atoms. The van der Waals surface area contributed by atoms with Crippen LogP contribution >= 0.6 is 69.1 Å². The average Bonchev–Trinajstić information content (AvgIpc) is 4.28. The molecule has 23 heteroatoms. The number of aromatic nitrogens is 4. The fourth-order valence-corrected chi connectivity index (χ4v) is 15.3. The highest BCUT2D eigenvalue weighted by Gasteiger charge is 2.43. The van der Waals surface area contributed by atoms with Crippen molar-refractivity contribution in [2.75, 3.05) is 56.7 Å². The number of anilines is 2. The Labute approximate surface area is 492 Å². The second kappa shape index (κ2) is 23.5. The highest BCUT2D eigenvalue weighted by molar-refractivity contribution is 7.22. The van der Waals surface area contributed by atoms with Crippen LogP contribution in [0.1, 0.15) is 107 Å². The quantitative estimate of drug-likeness (QED) is 0.0854. The van der Waals surface area contributed by atoms with E-state index in [9.17, 15) is 23.2 Å². The predicted octanol–water partition coefficient (Wildman–Crippen LogP) is 13.4. The number of likely N-dealkylation sites (tertiary alicyclic amines) is 1. The van der Waals surface area contributed by atoms with Gasteiger partial charge >= 0.3 is 11.9 Å². The largest absolute Gasteiger partial charge is 0.465 e. The van der Waals surface area contributed by atoms with Crippen molar-refractivity contribution in [2.24, 2.45) is 0 Å². The number of thiazole rings is 2. The highest BCUT2D eigenvalue weighted by atomic mass is 35.5. The molecule has 6 aliphatic rings. The molecule has 422 valence electrons. The molecule has 2 aliphatic carbocycles. The fourth-order valence-electron chi connectivity index (χ4n) is 11.8. The molecule has 1 N–H and O–H groups in total. The van der Waals surface area contributed by atoms with Crippen molar-refractivity contribution in [2.45, 2.75) is 100 Å². The summed E-state index contributed by atoms with van der Waals surface area (Å²) in [6, 6.07) is 18.0. The van der Waals surface area contributed by atoms with E-state index in [0.717, 1.165) is 141 Å². The Morgan fingerprint density at radius 3 is 1.53 bits per heavy atom. The molecular weight excluding hydrogens is 1160 g/mol. The molecule has 8 aromatic rings. The first-order valence-corrected chi connectivity index (χ1v) is 30.1. The number of methoxy groups -OCH3 is 2. The summed E-state index contributed by atoms with van der Waals surface area (Å²) in [7, 11) is 2.59. The molecule has 2 saturated carbocycles. The van der Waals surface area contributed by atoms with Crippen molar-refractivity contribution >= 4 is 118 Å². The van der Waals surface area contributed by atoms with E-state index >= 15 is 0 Å². The molecule has 0 spiro atoms. The Balaban J connectivity index is 0.000000133. The first-order chi connectivity index (χ1) is 39.3. The minimum absolute atomic E-state index is 0.201. The van der Waals surface area contributed by atoms with Crippen LogP contribution in [0.15, 0.2) is 69.7 Å². The van der Waals surface area contributed by atoms with Crippen LogP contribution in [-0.4, -0.2) is 115 Å². The average molecular weight is 1220 g/mol. The second-order valence-corrected chi connectivity index (χ2v) is 24.8. The summed E-state index contributed by atoms with van der Waals surface area (Å²) in [4.78, 5) is 50.8. The van der Waals surface area contributed by atoms with E-state index in [1.54, 1.807) is 30.3 Å². The highest BCUT2D eigenvalue weighted by Crippen LogP contribution is 2.48. The Morgan fingerprint density at radius 2 is 1.09 bits per heavy atom. The smallest absolute Gasteiger partial charge is 0.338 e. The van der Waals surface area contributed by atoms with Gasteiger partial charge in [0.15, 0.2) is 21.9 Å². The van der Waals surface area contributed by atoms with Crippen molar-refractivity contribution < 1.29 is 41.7 Å². The van der Waals surface area contributed by atoms with E-state index < -0.39 is 23.6 Å². The van der Waals surface area contributed by atoms with E-state index in [1.807, 2.05) is 18.2 Å². The molecule has 4 unspecified atom stereocenters. The molecule has 4 saturated heterocycles. The van der Waals surface area contributed by atoms with Gasteiger partial charge in [-0.15, -0.1) is 0 Å². The molecule has 14 rings (SSSR count). The van der Waals surface area contributed by atoms with Gasteiger partial charge < -0.3 is 38.4 Å². The summed E-state index contributed by atoms with van der Waals surface area (Å²) in [6.07, 6.45) is 10.7. The standard InChI is InChI=1S/C29H27Cl2FN4O3S.C15H16FN3O2S.C14H11Cl2NO2/c1-38-28(37)16-11-22(32)26-23(12-16)40-29(33-26)36-17-7-8-18(36)14-35(13-17)10-9-19-25(34-39-27(19)15-5-6-15)24-20(30)3-2-4-21(24)31;1-21-14(20)8-4-11(16)13-12(5-8)22-15(18-13)19-9-2-3-10(19)7-17-6-9;15-10-2-1-3-11(16)12(10)13-9(6-7-18)14(19-17-13)8-4-5-8/h2-4,11-12,15,17-18H,5-10,13-14H2,1H3;4-5,9-10,17H,2-3,6-7H2,1H3;1-3,7-8H,4-6H2. The van der Waals surface area contributed by atoms with Crippen LogP contribution in [0.2, 0.25) is 20.1 Å². The van der Waals surface area contributed by atoms with Gasteiger partial charge in [-0.05, 0) is 106 Å². The van der Waals surface area contributed by atoms with E-state index in [2.05, 4.69) is 45.0 Å². The molecule has 15 nitrogen and oxygen atoms in total. The number of nitrogens with one attached hydrogen (secondary N) is 1. The Hall–Kier alpha value is -5.77. The van der Waals surface area contributed by atoms with Gasteiger partial charge in [0.2, 0.25) is 0 Å². The predicted molar refractivity (Wildman–Crippen MR) is 311 cm³/mol. The number of ether oxygens (including phenoxy) is 2. The molecule has 8 heterocycles. The van der Waals surface area contributed by atoms with Gasteiger partial charge in [-0.3, -0.25) is 4.90 Å². The van der Waals surface area contributed by atoms with Crippen LogP contribution in [0.3, 0.4) is 0 Å². The molecule has 6 fully saturated rings. The third-order valence-electron chi connectivity index (χ3n) is 16.0. The third-order valence-corrected chi connectivity index (χ3v) is 19.3. The van der Waals surface area contributed by atoms with Crippen LogP contribution < -0.4 is 15.1 Å². The van der Waals surface area contributed by atoms with E-state index in [4.69, 9.17) is 60.2 Å². The van der Waals surface area contributed by atoms with Crippen molar-refractivity contribution in [1.29, 1.82) is 0 Å². The molecular formula is C58H54Cl4F2N8O7S2. The van der Waals surface area contributed by atoms with Gasteiger partial charge in [0.1, 0.15) is 40.2 Å². The molecule has 4 atom stereocenters. The number of aldehydes is 1. The van der Waals surface area contributed by atoms with Crippen LogP contribution in [-0.2, 0) is 27.1 Å². The number of benzene rings is 4. The van der Waals surface area contributed by atoms with Gasteiger partial charge in [-0.1, -0.05) is 91.5 Å². The maximum absolute atomic E-state index is 14.8. The van der Waals surface area contributed by atoms with E-state index in [0.29, 0.717) is 87.8 Å². The summed E-state index contributed by atoms with van der Waals surface area (Å²) >= 11 is 28.4. The maximum Gasteiger partial charge on any atom is 0.338 e. The number of piperazine rings is 2. The van der Waals surface area contributed by atoms with Crippen LogP contribution in [0.4, 0.5) is 19.0 Å². The van der Waals surface area contributed by atoms with Crippen LogP contribution in [0.25, 0.3) is 42.9 Å². The first kappa shape index (κ1) is 55.7. The van der Waals surface area contributed by atoms with Crippen LogP contribution in [0, 0.1) is 11.6 Å².